The molecule has 0 fully saturated rings. The number of anilines is 1. The number of nitrogens with zero attached hydrogens (tertiary/aromatic N) is 4. The first-order chi connectivity index (χ1) is 8.72. The van der Waals surface area contributed by atoms with Gasteiger partial charge < -0.3 is 10.3 Å². The molecular formula is C10H7BrN6O. The Balaban J connectivity index is 2.03. The van der Waals surface area contributed by atoms with Crippen LogP contribution in [0, 0.1) is 0 Å². The van der Waals surface area contributed by atoms with Gasteiger partial charge in [-0.15, -0.1) is 0 Å². The van der Waals surface area contributed by atoms with Crippen LogP contribution < -0.4 is 5.73 Å². The molecule has 0 amide bonds. The lowest BCUT2D eigenvalue weighted by molar-refractivity contribution is 0.432. The topological polar surface area (TPSA) is 107 Å². The van der Waals surface area contributed by atoms with E-state index in [9.17, 15) is 0 Å². The Morgan fingerprint density at radius 1 is 1.28 bits per heavy atom. The van der Waals surface area contributed by atoms with Gasteiger partial charge in [0, 0.05) is 15.7 Å². The molecule has 0 spiro atoms. The molecule has 3 rings (SSSR count). The molecule has 0 radical (unpaired) electrons. The number of halogens is 1. The van der Waals surface area contributed by atoms with Crippen molar-refractivity contribution in [3.05, 3.63) is 29.0 Å². The number of benzene rings is 1. The van der Waals surface area contributed by atoms with E-state index in [2.05, 4.69) is 41.3 Å². The first kappa shape index (κ1) is 10.9. The summed E-state index contributed by atoms with van der Waals surface area (Å²) in [5.74, 6) is 1.17. The minimum Gasteiger partial charge on any atom is -0.399 e. The Bertz CT molecular complexity index is 657. The van der Waals surface area contributed by atoms with Crippen LogP contribution >= 0.6 is 15.9 Å². The van der Waals surface area contributed by atoms with Crippen LogP contribution in [-0.4, -0.2) is 25.3 Å². The molecule has 0 aliphatic heterocycles. The number of hydrogen-bond acceptors (Lipinski definition) is 6. The number of rotatable bonds is 2. The van der Waals surface area contributed by atoms with Crippen LogP contribution in [0.5, 0.6) is 0 Å². The molecule has 0 saturated carbocycles. The summed E-state index contributed by atoms with van der Waals surface area (Å²) in [6.45, 7) is 0. The lowest BCUT2D eigenvalue weighted by Crippen LogP contribution is -1.87. The number of nitrogens with two attached hydrogens (primary N) is 1. The maximum atomic E-state index is 5.75. The third kappa shape index (κ3) is 1.97. The number of aromatic amines is 1. The SMILES string of the molecule is Nc1cc(Br)cc(-c2nc(-c3ncn[nH]3)no2)c1. The summed E-state index contributed by atoms with van der Waals surface area (Å²) in [5.41, 5.74) is 7.10. The summed E-state index contributed by atoms with van der Waals surface area (Å²) in [7, 11) is 0. The summed E-state index contributed by atoms with van der Waals surface area (Å²) in [5, 5.41) is 10.2. The van der Waals surface area contributed by atoms with Gasteiger partial charge in [-0.1, -0.05) is 21.1 Å². The molecule has 3 N–H and O–H groups in total. The molecule has 2 aromatic heterocycles. The summed E-state index contributed by atoms with van der Waals surface area (Å²) in [6.07, 6.45) is 1.38. The van der Waals surface area contributed by atoms with Crippen molar-refractivity contribution < 1.29 is 4.52 Å². The normalized spacial score (nSPS) is 10.7. The van der Waals surface area contributed by atoms with Crippen molar-refractivity contribution in [3.8, 4) is 23.1 Å². The van der Waals surface area contributed by atoms with Gasteiger partial charge >= 0.3 is 0 Å². The van der Waals surface area contributed by atoms with E-state index in [1.807, 2.05) is 6.07 Å². The second-order valence-electron chi connectivity index (χ2n) is 3.53. The summed E-state index contributed by atoms with van der Waals surface area (Å²) in [6, 6.07) is 5.38. The van der Waals surface area contributed by atoms with E-state index in [-0.39, 0.29) is 0 Å². The first-order valence-corrected chi connectivity index (χ1v) is 5.77. The smallest absolute Gasteiger partial charge is 0.258 e. The molecule has 0 saturated heterocycles. The molecule has 0 unspecified atom stereocenters. The van der Waals surface area contributed by atoms with Crippen molar-refractivity contribution in [3.63, 3.8) is 0 Å². The zero-order valence-electron chi connectivity index (χ0n) is 8.96. The number of nitrogens with one attached hydrogen (secondary N) is 1. The zero-order valence-corrected chi connectivity index (χ0v) is 10.5. The fourth-order valence-electron chi connectivity index (χ4n) is 1.49. The maximum Gasteiger partial charge on any atom is 0.258 e. The van der Waals surface area contributed by atoms with Crippen LogP contribution in [0.3, 0.4) is 0 Å². The van der Waals surface area contributed by atoms with Crippen molar-refractivity contribution in [2.75, 3.05) is 5.73 Å². The largest absolute Gasteiger partial charge is 0.399 e. The van der Waals surface area contributed by atoms with Gasteiger partial charge in [-0.2, -0.15) is 10.1 Å². The average Bonchev–Trinajstić information content (AvgIpc) is 2.99. The highest BCUT2D eigenvalue weighted by molar-refractivity contribution is 9.10. The molecule has 1 aromatic carbocycles. The highest BCUT2D eigenvalue weighted by Gasteiger charge is 2.13. The third-order valence-corrected chi connectivity index (χ3v) is 2.68. The quantitative estimate of drug-likeness (QED) is 0.700. The Morgan fingerprint density at radius 3 is 2.89 bits per heavy atom. The van der Waals surface area contributed by atoms with E-state index in [0.29, 0.717) is 23.2 Å². The molecule has 3 aromatic rings. The van der Waals surface area contributed by atoms with Gasteiger partial charge in [-0.05, 0) is 18.2 Å². The standard InChI is InChI=1S/C10H7BrN6O/c11-6-1-5(2-7(12)3-6)10-15-9(17-18-10)8-13-4-14-16-8/h1-4H,12H2,(H,13,14,16). The molecule has 18 heavy (non-hydrogen) atoms. The molecule has 2 heterocycles. The Hall–Kier alpha value is -2.22. The van der Waals surface area contributed by atoms with Gasteiger partial charge in [0.2, 0.25) is 5.82 Å². The van der Waals surface area contributed by atoms with Gasteiger partial charge in [0.25, 0.3) is 5.89 Å². The van der Waals surface area contributed by atoms with E-state index in [1.54, 1.807) is 12.1 Å². The second-order valence-corrected chi connectivity index (χ2v) is 4.45. The maximum absolute atomic E-state index is 5.75. The minimum absolute atomic E-state index is 0.348. The lowest BCUT2D eigenvalue weighted by atomic mass is 10.2. The monoisotopic (exact) mass is 306 g/mol. The first-order valence-electron chi connectivity index (χ1n) is 4.98. The number of aromatic nitrogens is 5. The van der Waals surface area contributed by atoms with Gasteiger partial charge in [0.1, 0.15) is 6.33 Å². The zero-order chi connectivity index (χ0) is 12.5. The van der Waals surface area contributed by atoms with Crippen LogP contribution in [0.25, 0.3) is 23.1 Å². The van der Waals surface area contributed by atoms with E-state index in [4.69, 9.17) is 10.3 Å². The van der Waals surface area contributed by atoms with Gasteiger partial charge in [0.15, 0.2) is 5.82 Å². The molecule has 0 aliphatic carbocycles. The van der Waals surface area contributed by atoms with Crippen molar-refractivity contribution in [1.82, 2.24) is 25.3 Å². The van der Waals surface area contributed by atoms with Gasteiger partial charge in [-0.3, -0.25) is 5.10 Å². The molecule has 0 bridgehead atoms. The second kappa shape index (κ2) is 4.22. The lowest BCUT2D eigenvalue weighted by Gasteiger charge is -1.98. The molecule has 8 heteroatoms. The highest BCUT2D eigenvalue weighted by Crippen LogP contribution is 2.26. The Kier molecular flexibility index (Phi) is 2.56. The number of nitrogen functional groups attached to an aromatic ring is 1. The van der Waals surface area contributed by atoms with E-state index in [0.717, 1.165) is 10.0 Å². The fraction of sp³-hybridized carbons (Fsp3) is 0. The predicted octanol–water partition coefficient (Wildman–Crippen LogP) is 1.87. The van der Waals surface area contributed by atoms with Crippen LogP contribution in [0.2, 0.25) is 0 Å². The van der Waals surface area contributed by atoms with Gasteiger partial charge in [-0.25, -0.2) is 4.98 Å². The van der Waals surface area contributed by atoms with Crippen molar-refractivity contribution in [2.24, 2.45) is 0 Å². The molecular weight excluding hydrogens is 300 g/mol. The van der Waals surface area contributed by atoms with E-state index >= 15 is 0 Å². The van der Waals surface area contributed by atoms with E-state index < -0.39 is 0 Å². The number of hydrogen-bond donors (Lipinski definition) is 2. The Morgan fingerprint density at radius 2 is 2.17 bits per heavy atom. The van der Waals surface area contributed by atoms with Crippen LogP contribution in [0.15, 0.2) is 33.5 Å². The van der Waals surface area contributed by atoms with Crippen LogP contribution in [0.4, 0.5) is 5.69 Å². The summed E-state index contributed by atoms with van der Waals surface area (Å²) < 4.78 is 6.00. The molecule has 0 aliphatic rings. The fourth-order valence-corrected chi connectivity index (χ4v) is 2.00. The Labute approximate surface area is 110 Å². The summed E-state index contributed by atoms with van der Waals surface area (Å²) in [4.78, 5) is 8.16. The average molecular weight is 307 g/mol. The third-order valence-electron chi connectivity index (χ3n) is 2.22. The van der Waals surface area contributed by atoms with Crippen molar-refractivity contribution >= 4 is 21.6 Å². The predicted molar refractivity (Wildman–Crippen MR) is 67.2 cm³/mol. The molecule has 0 atom stereocenters. The van der Waals surface area contributed by atoms with Crippen molar-refractivity contribution in [2.45, 2.75) is 0 Å². The van der Waals surface area contributed by atoms with Crippen LogP contribution in [-0.2, 0) is 0 Å². The van der Waals surface area contributed by atoms with Crippen molar-refractivity contribution in [1.29, 1.82) is 0 Å². The minimum atomic E-state index is 0.348. The molecule has 7 nitrogen and oxygen atoms in total. The van der Waals surface area contributed by atoms with Gasteiger partial charge in [0.05, 0.1) is 0 Å². The molecule has 90 valence electrons. The highest BCUT2D eigenvalue weighted by atomic mass is 79.9. The van der Waals surface area contributed by atoms with E-state index in [1.165, 1.54) is 6.33 Å². The summed E-state index contributed by atoms with van der Waals surface area (Å²) >= 11 is 3.36. The number of H-pyrrole nitrogens is 1. The van der Waals surface area contributed by atoms with Crippen LogP contribution in [0.1, 0.15) is 0 Å².